The van der Waals surface area contributed by atoms with Crippen molar-refractivity contribution in [1.29, 1.82) is 0 Å². The van der Waals surface area contributed by atoms with Crippen LogP contribution in [0.5, 0.6) is 0 Å². The normalized spacial score (nSPS) is 10.5. The number of para-hydroxylation sites is 1. The number of hydrogen-bond donors (Lipinski definition) is 3. The molecule has 3 rings (SSSR count). The highest BCUT2D eigenvalue weighted by Crippen LogP contribution is 2.16. The Balaban J connectivity index is 1.33. The molecule has 156 valence electrons. The molecule has 0 bridgehead atoms. The van der Waals surface area contributed by atoms with E-state index in [1.165, 1.54) is 5.56 Å². The lowest BCUT2D eigenvalue weighted by Crippen LogP contribution is -2.25. The van der Waals surface area contributed by atoms with Crippen molar-refractivity contribution in [2.24, 2.45) is 0 Å². The molecule has 6 heteroatoms. The molecule has 0 saturated heterocycles. The van der Waals surface area contributed by atoms with Crippen LogP contribution in [-0.4, -0.2) is 24.0 Å². The van der Waals surface area contributed by atoms with Crippen molar-refractivity contribution in [2.45, 2.75) is 25.9 Å². The first-order chi connectivity index (χ1) is 14.8. The van der Waals surface area contributed by atoms with Gasteiger partial charge in [0.1, 0.15) is 0 Å². The quantitative estimate of drug-likeness (QED) is 0.315. The fourth-order valence-corrected chi connectivity index (χ4v) is 2.96. The number of hydrogen-bond acceptors (Lipinski definition) is 5. The van der Waals surface area contributed by atoms with Crippen LogP contribution in [0.15, 0.2) is 79.1 Å². The van der Waals surface area contributed by atoms with E-state index >= 15 is 0 Å². The van der Waals surface area contributed by atoms with Gasteiger partial charge in [-0.3, -0.25) is 14.6 Å². The lowest BCUT2D eigenvalue weighted by atomic mass is 10.1. The number of aromatic nitrogens is 1. The highest BCUT2D eigenvalue weighted by atomic mass is 16.6. The molecule has 0 atom stereocenters. The highest BCUT2D eigenvalue weighted by Gasteiger charge is 2.10. The molecule has 1 aromatic heterocycles. The summed E-state index contributed by atoms with van der Waals surface area (Å²) in [5.74, 6) is -0.255. The van der Waals surface area contributed by atoms with Gasteiger partial charge >= 0.3 is 0 Å². The first-order valence-electron chi connectivity index (χ1n) is 10.2. The summed E-state index contributed by atoms with van der Waals surface area (Å²) in [6.45, 7) is 2.87. The molecule has 6 nitrogen and oxygen atoms in total. The molecule has 3 N–H and O–H groups in total. The van der Waals surface area contributed by atoms with Crippen molar-refractivity contribution in [3.8, 4) is 0 Å². The Morgan fingerprint density at radius 2 is 1.57 bits per heavy atom. The molecule has 30 heavy (non-hydrogen) atoms. The number of pyridine rings is 1. The number of amides is 1. The summed E-state index contributed by atoms with van der Waals surface area (Å²) < 4.78 is 0. The van der Waals surface area contributed by atoms with E-state index in [9.17, 15) is 4.79 Å². The Morgan fingerprint density at radius 1 is 0.833 bits per heavy atom. The number of nitrogens with one attached hydrogen (secondary N) is 3. The monoisotopic (exact) mass is 404 g/mol. The maximum Gasteiger partial charge on any atom is 0.276 e. The summed E-state index contributed by atoms with van der Waals surface area (Å²) in [4.78, 5) is 21.9. The van der Waals surface area contributed by atoms with E-state index in [0.717, 1.165) is 37.2 Å². The standard InChI is InChI=1S/C24H28N4O2/c29-24(28-30-17-7-6-14-26-18-20-8-2-1-3-9-20)22-10-4-5-11-23(22)27-19-21-12-15-25-16-13-21/h1-5,8-13,15-16,26-27H,6-7,14,17-19H2,(H,28,29). The van der Waals surface area contributed by atoms with E-state index in [1.807, 2.05) is 48.5 Å². The summed E-state index contributed by atoms with van der Waals surface area (Å²) in [6.07, 6.45) is 5.35. The predicted octanol–water partition coefficient (Wildman–Crippen LogP) is 3.93. The average Bonchev–Trinajstić information content (AvgIpc) is 2.81. The molecule has 0 spiro atoms. The van der Waals surface area contributed by atoms with E-state index in [2.05, 4.69) is 33.2 Å². The largest absolute Gasteiger partial charge is 0.380 e. The minimum atomic E-state index is -0.255. The van der Waals surface area contributed by atoms with Crippen LogP contribution in [0.1, 0.15) is 34.3 Å². The number of unbranched alkanes of at least 4 members (excludes halogenated alkanes) is 1. The minimum Gasteiger partial charge on any atom is -0.380 e. The van der Waals surface area contributed by atoms with E-state index in [-0.39, 0.29) is 5.91 Å². The summed E-state index contributed by atoms with van der Waals surface area (Å²) >= 11 is 0. The molecule has 0 unspecified atom stereocenters. The van der Waals surface area contributed by atoms with Gasteiger partial charge in [0, 0.05) is 31.2 Å². The van der Waals surface area contributed by atoms with Gasteiger partial charge in [0.2, 0.25) is 0 Å². The van der Waals surface area contributed by atoms with Crippen molar-refractivity contribution in [3.05, 3.63) is 95.8 Å². The number of hydroxylamine groups is 1. The van der Waals surface area contributed by atoms with Crippen LogP contribution < -0.4 is 16.1 Å². The first kappa shape index (κ1) is 21.5. The Bertz CT molecular complexity index is 888. The predicted molar refractivity (Wildman–Crippen MR) is 119 cm³/mol. The molecule has 0 aliphatic heterocycles. The van der Waals surface area contributed by atoms with E-state index in [0.29, 0.717) is 18.7 Å². The lowest BCUT2D eigenvalue weighted by Gasteiger charge is -2.12. The molecule has 2 aromatic carbocycles. The van der Waals surface area contributed by atoms with Crippen LogP contribution in [0.2, 0.25) is 0 Å². The summed E-state index contributed by atoms with van der Waals surface area (Å²) in [6, 6.07) is 21.6. The van der Waals surface area contributed by atoms with Gasteiger partial charge in [-0.25, -0.2) is 5.48 Å². The third kappa shape index (κ3) is 7.31. The zero-order valence-corrected chi connectivity index (χ0v) is 17.0. The van der Waals surface area contributed by atoms with Crippen molar-refractivity contribution in [3.63, 3.8) is 0 Å². The second kappa shape index (κ2) is 12.4. The minimum absolute atomic E-state index is 0.255. The summed E-state index contributed by atoms with van der Waals surface area (Å²) in [5.41, 5.74) is 6.23. The van der Waals surface area contributed by atoms with Crippen LogP contribution in [-0.2, 0) is 17.9 Å². The van der Waals surface area contributed by atoms with Gasteiger partial charge in [-0.15, -0.1) is 0 Å². The molecule has 0 aliphatic carbocycles. The fourth-order valence-electron chi connectivity index (χ4n) is 2.96. The van der Waals surface area contributed by atoms with Crippen molar-refractivity contribution in [2.75, 3.05) is 18.5 Å². The van der Waals surface area contributed by atoms with Crippen LogP contribution in [0.25, 0.3) is 0 Å². The number of anilines is 1. The smallest absolute Gasteiger partial charge is 0.276 e. The number of rotatable bonds is 12. The SMILES string of the molecule is O=C(NOCCCCNCc1ccccc1)c1ccccc1NCc1ccncc1. The highest BCUT2D eigenvalue weighted by molar-refractivity contribution is 5.98. The third-order valence-electron chi connectivity index (χ3n) is 4.59. The van der Waals surface area contributed by atoms with Crippen molar-refractivity contribution >= 4 is 11.6 Å². The van der Waals surface area contributed by atoms with Gasteiger partial charge in [0.15, 0.2) is 0 Å². The Kier molecular flexibility index (Phi) is 8.86. The van der Waals surface area contributed by atoms with Crippen LogP contribution in [0, 0.1) is 0 Å². The van der Waals surface area contributed by atoms with Gasteiger partial charge < -0.3 is 10.6 Å². The van der Waals surface area contributed by atoms with Crippen LogP contribution in [0.4, 0.5) is 5.69 Å². The summed E-state index contributed by atoms with van der Waals surface area (Å²) in [7, 11) is 0. The Morgan fingerprint density at radius 3 is 2.40 bits per heavy atom. The molecule has 3 aromatic rings. The Hall–Kier alpha value is -3.22. The van der Waals surface area contributed by atoms with E-state index < -0.39 is 0 Å². The average molecular weight is 405 g/mol. The number of benzene rings is 2. The van der Waals surface area contributed by atoms with Gasteiger partial charge in [-0.05, 0) is 54.8 Å². The van der Waals surface area contributed by atoms with Gasteiger partial charge in [-0.2, -0.15) is 0 Å². The molecule has 0 radical (unpaired) electrons. The lowest BCUT2D eigenvalue weighted by molar-refractivity contribution is 0.0300. The Labute approximate surface area is 177 Å². The molecular weight excluding hydrogens is 376 g/mol. The zero-order chi connectivity index (χ0) is 20.9. The van der Waals surface area contributed by atoms with Crippen LogP contribution in [0.3, 0.4) is 0 Å². The van der Waals surface area contributed by atoms with Gasteiger partial charge in [0.05, 0.1) is 12.2 Å². The van der Waals surface area contributed by atoms with Crippen molar-refractivity contribution < 1.29 is 9.63 Å². The maximum atomic E-state index is 12.5. The van der Waals surface area contributed by atoms with E-state index in [4.69, 9.17) is 4.84 Å². The van der Waals surface area contributed by atoms with Gasteiger partial charge in [-0.1, -0.05) is 42.5 Å². The van der Waals surface area contributed by atoms with E-state index in [1.54, 1.807) is 18.5 Å². The maximum absolute atomic E-state index is 12.5. The van der Waals surface area contributed by atoms with Crippen molar-refractivity contribution in [1.82, 2.24) is 15.8 Å². The number of carbonyl (C=O) groups excluding carboxylic acids is 1. The topological polar surface area (TPSA) is 75.3 Å². The second-order valence-electron chi connectivity index (χ2n) is 6.90. The molecule has 0 fully saturated rings. The number of nitrogens with zero attached hydrogens (tertiary/aromatic N) is 1. The first-order valence-corrected chi connectivity index (χ1v) is 10.2. The number of carbonyl (C=O) groups is 1. The summed E-state index contributed by atoms with van der Waals surface area (Å²) in [5, 5.41) is 6.70. The molecular formula is C24H28N4O2. The molecule has 0 aliphatic rings. The fraction of sp³-hybridized carbons (Fsp3) is 0.250. The molecule has 0 saturated carbocycles. The second-order valence-corrected chi connectivity index (χ2v) is 6.90. The molecule has 1 heterocycles. The third-order valence-corrected chi connectivity index (χ3v) is 4.59. The molecule has 1 amide bonds. The van der Waals surface area contributed by atoms with Gasteiger partial charge in [0.25, 0.3) is 5.91 Å². The van der Waals surface area contributed by atoms with Crippen LogP contribution >= 0.6 is 0 Å². The zero-order valence-electron chi connectivity index (χ0n) is 17.0.